The summed E-state index contributed by atoms with van der Waals surface area (Å²) in [4.78, 5) is 12.4. The average molecular weight is 381 g/mol. The van der Waals surface area contributed by atoms with Gasteiger partial charge in [0.25, 0.3) is 0 Å². The quantitative estimate of drug-likeness (QED) is 0.604. The highest BCUT2D eigenvalue weighted by Crippen LogP contribution is 2.25. The Balaban J connectivity index is 1.71. The second-order valence-electron chi connectivity index (χ2n) is 6.48. The first kappa shape index (κ1) is 19.2. The van der Waals surface area contributed by atoms with Crippen LogP contribution >= 0.6 is 11.8 Å². The van der Waals surface area contributed by atoms with Gasteiger partial charge in [-0.15, -0.1) is 10.2 Å². The first-order chi connectivity index (χ1) is 13.1. The van der Waals surface area contributed by atoms with Gasteiger partial charge in [0.15, 0.2) is 11.0 Å². The Morgan fingerprint density at radius 1 is 1.11 bits per heavy atom. The molecule has 0 aliphatic carbocycles. The first-order valence-electron chi connectivity index (χ1n) is 9.07. The zero-order valence-electron chi connectivity index (χ0n) is 15.9. The number of carbonyl (C=O) groups is 1. The second kappa shape index (κ2) is 8.86. The summed E-state index contributed by atoms with van der Waals surface area (Å²) in [6.45, 7) is 6.95. The number of aryl methyl sites for hydroxylation is 2. The van der Waals surface area contributed by atoms with Gasteiger partial charge in [-0.2, -0.15) is 0 Å². The molecule has 0 fully saturated rings. The molecule has 5 nitrogen and oxygen atoms in total. The highest BCUT2D eigenvalue weighted by Gasteiger charge is 2.15. The maximum absolute atomic E-state index is 12.4. The molecular weight excluding hydrogens is 356 g/mol. The molecule has 27 heavy (non-hydrogen) atoms. The summed E-state index contributed by atoms with van der Waals surface area (Å²) >= 11 is 1.42. The number of benzene rings is 2. The van der Waals surface area contributed by atoms with Crippen molar-refractivity contribution in [2.24, 2.45) is 0 Å². The minimum absolute atomic E-state index is 0.0407. The normalized spacial score (nSPS) is 10.8. The van der Waals surface area contributed by atoms with Gasteiger partial charge in [0.05, 0.1) is 5.75 Å². The van der Waals surface area contributed by atoms with Crippen molar-refractivity contribution in [1.29, 1.82) is 0 Å². The molecule has 1 aromatic heterocycles. The molecule has 0 unspecified atom stereocenters. The summed E-state index contributed by atoms with van der Waals surface area (Å²) in [6.07, 6.45) is 0.972. The minimum Gasteiger partial charge on any atom is -0.325 e. The van der Waals surface area contributed by atoms with Crippen molar-refractivity contribution in [3.8, 4) is 11.4 Å². The monoisotopic (exact) mass is 380 g/mol. The Labute approximate surface area is 164 Å². The van der Waals surface area contributed by atoms with Gasteiger partial charge in [-0.1, -0.05) is 61.2 Å². The third-order valence-electron chi connectivity index (χ3n) is 4.20. The van der Waals surface area contributed by atoms with E-state index in [1.165, 1.54) is 11.8 Å². The van der Waals surface area contributed by atoms with E-state index in [9.17, 15) is 4.79 Å². The highest BCUT2D eigenvalue weighted by atomic mass is 32.2. The Morgan fingerprint density at radius 3 is 2.63 bits per heavy atom. The van der Waals surface area contributed by atoms with Crippen LogP contribution < -0.4 is 5.32 Å². The molecule has 3 rings (SSSR count). The minimum atomic E-state index is -0.0407. The molecule has 0 radical (unpaired) electrons. The van der Waals surface area contributed by atoms with Gasteiger partial charge in [0, 0.05) is 17.8 Å². The van der Waals surface area contributed by atoms with E-state index in [1.807, 2.05) is 62.4 Å². The molecule has 0 spiro atoms. The fourth-order valence-corrected chi connectivity index (χ4v) is 3.57. The van der Waals surface area contributed by atoms with Crippen molar-refractivity contribution < 1.29 is 4.79 Å². The van der Waals surface area contributed by atoms with Crippen LogP contribution in [-0.2, 0) is 11.3 Å². The lowest BCUT2D eigenvalue weighted by Crippen LogP contribution is -2.15. The first-order valence-corrected chi connectivity index (χ1v) is 10.1. The predicted molar refractivity (Wildman–Crippen MR) is 111 cm³/mol. The van der Waals surface area contributed by atoms with E-state index >= 15 is 0 Å². The Hall–Kier alpha value is -2.60. The van der Waals surface area contributed by atoms with Crippen molar-refractivity contribution in [3.63, 3.8) is 0 Å². The molecule has 0 aliphatic rings. The summed E-state index contributed by atoms with van der Waals surface area (Å²) in [6, 6.07) is 16.1. The van der Waals surface area contributed by atoms with Crippen LogP contribution in [0.3, 0.4) is 0 Å². The molecule has 140 valence electrons. The van der Waals surface area contributed by atoms with Crippen LogP contribution in [0.4, 0.5) is 5.69 Å². The van der Waals surface area contributed by atoms with Gasteiger partial charge in [-0.05, 0) is 37.5 Å². The Bertz CT molecular complexity index is 921. The van der Waals surface area contributed by atoms with Crippen LogP contribution in [0.2, 0.25) is 0 Å². The van der Waals surface area contributed by atoms with Crippen LogP contribution in [0, 0.1) is 13.8 Å². The number of hydrogen-bond donors (Lipinski definition) is 1. The topological polar surface area (TPSA) is 59.8 Å². The zero-order chi connectivity index (χ0) is 19.2. The van der Waals surface area contributed by atoms with Crippen molar-refractivity contribution in [3.05, 3.63) is 59.7 Å². The van der Waals surface area contributed by atoms with Crippen LogP contribution in [0.15, 0.2) is 53.7 Å². The number of amides is 1. The predicted octanol–water partition coefficient (Wildman–Crippen LogP) is 4.70. The lowest BCUT2D eigenvalue weighted by atomic mass is 10.1. The lowest BCUT2D eigenvalue weighted by molar-refractivity contribution is -0.113. The van der Waals surface area contributed by atoms with Crippen molar-refractivity contribution in [1.82, 2.24) is 14.8 Å². The van der Waals surface area contributed by atoms with E-state index in [0.717, 1.165) is 46.3 Å². The standard InChI is InChI=1S/C21H24N4OS/c1-4-12-25-20(17-8-6-5-7-9-17)23-24-21(25)27-14-19(26)22-18-13-15(2)10-11-16(18)3/h5-11,13H,4,12,14H2,1-3H3,(H,22,26). The van der Waals surface area contributed by atoms with Crippen molar-refractivity contribution in [2.45, 2.75) is 38.9 Å². The Morgan fingerprint density at radius 2 is 1.89 bits per heavy atom. The molecule has 2 aromatic carbocycles. The van der Waals surface area contributed by atoms with E-state index < -0.39 is 0 Å². The number of anilines is 1. The van der Waals surface area contributed by atoms with E-state index in [4.69, 9.17) is 0 Å². The maximum Gasteiger partial charge on any atom is 0.234 e. The van der Waals surface area contributed by atoms with E-state index in [-0.39, 0.29) is 5.91 Å². The molecule has 0 bridgehead atoms. The van der Waals surface area contributed by atoms with E-state index in [0.29, 0.717) is 5.75 Å². The summed E-state index contributed by atoms with van der Waals surface area (Å²) in [5.41, 5.74) is 4.07. The third-order valence-corrected chi connectivity index (χ3v) is 5.16. The number of carbonyl (C=O) groups excluding carboxylic acids is 1. The molecule has 0 saturated carbocycles. The van der Waals surface area contributed by atoms with Crippen LogP contribution in [0.1, 0.15) is 24.5 Å². The molecular formula is C21H24N4OS. The highest BCUT2D eigenvalue weighted by molar-refractivity contribution is 7.99. The largest absolute Gasteiger partial charge is 0.325 e. The summed E-state index contributed by atoms with van der Waals surface area (Å²) in [7, 11) is 0. The van der Waals surface area contributed by atoms with E-state index in [1.54, 1.807) is 0 Å². The summed E-state index contributed by atoms with van der Waals surface area (Å²) in [5.74, 6) is 1.10. The molecule has 6 heteroatoms. The molecule has 1 heterocycles. The number of hydrogen-bond acceptors (Lipinski definition) is 4. The lowest BCUT2D eigenvalue weighted by Gasteiger charge is -2.10. The summed E-state index contributed by atoms with van der Waals surface area (Å²) in [5, 5.41) is 12.4. The molecule has 1 N–H and O–H groups in total. The number of thioether (sulfide) groups is 1. The molecule has 0 atom stereocenters. The van der Waals surface area contributed by atoms with Gasteiger partial charge in [0.1, 0.15) is 0 Å². The zero-order valence-corrected chi connectivity index (χ0v) is 16.7. The van der Waals surface area contributed by atoms with Crippen molar-refractivity contribution in [2.75, 3.05) is 11.1 Å². The molecule has 0 saturated heterocycles. The van der Waals surface area contributed by atoms with Crippen LogP contribution in [0.5, 0.6) is 0 Å². The second-order valence-corrected chi connectivity index (χ2v) is 7.42. The molecule has 3 aromatic rings. The molecule has 0 aliphatic heterocycles. The summed E-state index contributed by atoms with van der Waals surface area (Å²) < 4.78 is 2.09. The number of aromatic nitrogens is 3. The Kier molecular flexibility index (Phi) is 6.29. The number of nitrogens with one attached hydrogen (secondary N) is 1. The van der Waals surface area contributed by atoms with Gasteiger partial charge in [-0.3, -0.25) is 4.79 Å². The van der Waals surface area contributed by atoms with Crippen molar-refractivity contribution >= 4 is 23.4 Å². The van der Waals surface area contributed by atoms with Gasteiger partial charge in [0.2, 0.25) is 5.91 Å². The van der Waals surface area contributed by atoms with E-state index in [2.05, 4.69) is 27.0 Å². The average Bonchev–Trinajstić information content (AvgIpc) is 3.07. The smallest absolute Gasteiger partial charge is 0.234 e. The van der Waals surface area contributed by atoms with Gasteiger partial charge >= 0.3 is 0 Å². The fraction of sp³-hybridized carbons (Fsp3) is 0.286. The number of nitrogens with zero attached hydrogens (tertiary/aromatic N) is 3. The molecule has 1 amide bonds. The SMILES string of the molecule is CCCn1c(SCC(=O)Nc2cc(C)ccc2C)nnc1-c1ccccc1. The fourth-order valence-electron chi connectivity index (χ4n) is 2.81. The van der Waals surface area contributed by atoms with Gasteiger partial charge < -0.3 is 9.88 Å². The third kappa shape index (κ3) is 4.77. The van der Waals surface area contributed by atoms with Crippen LogP contribution in [-0.4, -0.2) is 26.4 Å². The number of rotatable bonds is 7. The van der Waals surface area contributed by atoms with Crippen LogP contribution in [0.25, 0.3) is 11.4 Å². The van der Waals surface area contributed by atoms with Gasteiger partial charge in [-0.25, -0.2) is 0 Å². The maximum atomic E-state index is 12.4.